The van der Waals surface area contributed by atoms with Crippen LogP contribution in [-0.2, 0) is 9.47 Å². The Morgan fingerprint density at radius 3 is 2.38 bits per heavy atom. The molecule has 2 bridgehead atoms. The highest BCUT2D eigenvalue weighted by Crippen LogP contribution is 2.35. The Morgan fingerprint density at radius 2 is 1.65 bits per heavy atom. The molecule has 37 heavy (non-hydrogen) atoms. The fourth-order valence-corrected chi connectivity index (χ4v) is 5.26. The van der Waals surface area contributed by atoms with Gasteiger partial charge in [0.1, 0.15) is 11.6 Å². The molecular weight excluding hydrogens is 470 g/mol. The molecule has 10 nitrogen and oxygen atoms in total. The number of amides is 2. The van der Waals surface area contributed by atoms with Crippen molar-refractivity contribution in [1.82, 2.24) is 15.0 Å². The predicted molar refractivity (Wildman–Crippen MR) is 142 cm³/mol. The first-order valence-electron chi connectivity index (χ1n) is 12.9. The third kappa shape index (κ3) is 5.50. The summed E-state index contributed by atoms with van der Waals surface area (Å²) < 4.78 is 11.3. The van der Waals surface area contributed by atoms with Crippen LogP contribution in [0.2, 0.25) is 0 Å². The molecule has 2 atom stereocenters. The molecule has 2 aromatic heterocycles. The van der Waals surface area contributed by atoms with Crippen LogP contribution in [0.25, 0.3) is 11.4 Å². The van der Waals surface area contributed by atoms with E-state index in [1.165, 1.54) is 0 Å². The normalized spacial score (nSPS) is 21.5. The van der Waals surface area contributed by atoms with Gasteiger partial charge in [-0.1, -0.05) is 0 Å². The smallest absolute Gasteiger partial charge is 0.323 e. The first-order chi connectivity index (χ1) is 18.2. The van der Waals surface area contributed by atoms with Crippen molar-refractivity contribution in [1.29, 1.82) is 0 Å². The first kappa shape index (κ1) is 23.6. The summed E-state index contributed by atoms with van der Waals surface area (Å²) in [5.74, 6) is 2.42. The number of benzene rings is 1. The molecule has 6 rings (SSSR count). The van der Waals surface area contributed by atoms with E-state index in [9.17, 15) is 4.79 Å². The number of fused-ring (bicyclic) bond motifs is 2. The van der Waals surface area contributed by atoms with E-state index in [0.29, 0.717) is 35.3 Å². The third-order valence-corrected chi connectivity index (χ3v) is 7.11. The monoisotopic (exact) mass is 501 g/mol. The van der Waals surface area contributed by atoms with Gasteiger partial charge in [0, 0.05) is 42.8 Å². The van der Waals surface area contributed by atoms with Crippen molar-refractivity contribution in [3.8, 4) is 11.4 Å². The maximum atomic E-state index is 12.4. The Labute approximate surface area is 215 Å². The second-order valence-corrected chi connectivity index (χ2v) is 9.69. The summed E-state index contributed by atoms with van der Waals surface area (Å²) in [6, 6.07) is 13.9. The highest BCUT2D eigenvalue weighted by atomic mass is 16.5. The lowest BCUT2D eigenvalue weighted by molar-refractivity contribution is 0.0899. The lowest BCUT2D eigenvalue weighted by Crippen LogP contribution is -2.46. The molecule has 0 spiro atoms. The number of aromatic nitrogens is 3. The number of rotatable bonds is 6. The number of anilines is 4. The SMILES string of the molecule is O=C(Nc1ccc(-c2nc(NC3CCOCC3)cc(N3C4CCC3COC4)n2)cc1)Nc1cccnc1. The molecule has 3 saturated heterocycles. The molecule has 0 radical (unpaired) electrons. The number of ether oxygens (including phenoxy) is 2. The van der Waals surface area contributed by atoms with E-state index in [-0.39, 0.29) is 6.03 Å². The second kappa shape index (κ2) is 10.7. The zero-order valence-corrected chi connectivity index (χ0v) is 20.6. The fourth-order valence-electron chi connectivity index (χ4n) is 5.26. The van der Waals surface area contributed by atoms with E-state index in [2.05, 4.69) is 31.9 Å². The number of nitrogens with one attached hydrogen (secondary N) is 3. The van der Waals surface area contributed by atoms with Crippen LogP contribution >= 0.6 is 0 Å². The summed E-state index contributed by atoms with van der Waals surface area (Å²) in [5.41, 5.74) is 2.19. The molecule has 5 heterocycles. The first-order valence-corrected chi connectivity index (χ1v) is 12.9. The Balaban J connectivity index is 1.23. The van der Waals surface area contributed by atoms with E-state index in [1.54, 1.807) is 24.5 Å². The zero-order chi connectivity index (χ0) is 25.0. The summed E-state index contributed by atoms with van der Waals surface area (Å²) >= 11 is 0. The van der Waals surface area contributed by atoms with Gasteiger partial charge in [-0.3, -0.25) is 4.98 Å². The predicted octanol–water partition coefficient (Wildman–Crippen LogP) is 4.14. The lowest BCUT2D eigenvalue weighted by Gasteiger charge is -2.36. The topological polar surface area (TPSA) is 114 Å². The van der Waals surface area contributed by atoms with E-state index >= 15 is 0 Å². The van der Waals surface area contributed by atoms with Gasteiger partial charge in [-0.2, -0.15) is 0 Å². The average Bonchev–Trinajstić information content (AvgIpc) is 3.18. The van der Waals surface area contributed by atoms with Crippen molar-refractivity contribution < 1.29 is 14.3 Å². The molecule has 3 fully saturated rings. The summed E-state index contributed by atoms with van der Waals surface area (Å²) in [5, 5.41) is 9.25. The molecule has 0 aliphatic carbocycles. The minimum atomic E-state index is -0.329. The largest absolute Gasteiger partial charge is 0.381 e. The van der Waals surface area contributed by atoms with Crippen LogP contribution in [0, 0.1) is 0 Å². The third-order valence-electron chi connectivity index (χ3n) is 7.11. The van der Waals surface area contributed by atoms with E-state index < -0.39 is 0 Å². The van der Waals surface area contributed by atoms with Gasteiger partial charge in [-0.25, -0.2) is 14.8 Å². The molecule has 3 N–H and O–H groups in total. The van der Waals surface area contributed by atoms with Gasteiger partial charge in [-0.15, -0.1) is 0 Å². The Bertz CT molecular complexity index is 1200. The Morgan fingerprint density at radius 1 is 0.892 bits per heavy atom. The van der Waals surface area contributed by atoms with E-state index in [1.807, 2.05) is 24.3 Å². The van der Waals surface area contributed by atoms with E-state index in [0.717, 1.165) is 69.3 Å². The van der Waals surface area contributed by atoms with Crippen molar-refractivity contribution in [2.45, 2.75) is 43.8 Å². The van der Waals surface area contributed by atoms with Gasteiger partial charge in [0.25, 0.3) is 0 Å². The number of morpholine rings is 1. The van der Waals surface area contributed by atoms with Gasteiger partial charge in [0.2, 0.25) is 0 Å². The van der Waals surface area contributed by atoms with Crippen molar-refractivity contribution in [2.75, 3.05) is 47.3 Å². The minimum Gasteiger partial charge on any atom is -0.381 e. The second-order valence-electron chi connectivity index (χ2n) is 9.69. The summed E-state index contributed by atoms with van der Waals surface area (Å²) in [6.45, 7) is 3.00. The highest BCUT2D eigenvalue weighted by molar-refractivity contribution is 5.99. The van der Waals surface area contributed by atoms with Crippen molar-refractivity contribution in [3.63, 3.8) is 0 Å². The molecule has 2 amide bonds. The van der Waals surface area contributed by atoms with Crippen LogP contribution in [0.3, 0.4) is 0 Å². The molecule has 2 unspecified atom stereocenters. The molecule has 3 aliphatic rings. The lowest BCUT2D eigenvalue weighted by atomic mass is 10.1. The molecule has 1 aromatic carbocycles. The van der Waals surface area contributed by atoms with Crippen molar-refractivity contribution >= 4 is 29.0 Å². The maximum absolute atomic E-state index is 12.4. The Hall–Kier alpha value is -3.76. The zero-order valence-electron chi connectivity index (χ0n) is 20.6. The number of nitrogens with zero attached hydrogens (tertiary/aromatic N) is 4. The van der Waals surface area contributed by atoms with Crippen LogP contribution in [-0.4, -0.2) is 65.5 Å². The van der Waals surface area contributed by atoms with Crippen molar-refractivity contribution in [3.05, 3.63) is 54.9 Å². The van der Waals surface area contributed by atoms with Gasteiger partial charge in [-0.05, 0) is 62.1 Å². The standard InChI is InChI=1S/C27H31N7O3/c35-27(31-21-2-1-11-28-15-21)30-19-5-3-18(4-6-19)26-32-24(29-20-9-12-36-13-10-20)14-25(33-26)34-22-7-8-23(34)17-37-16-22/h1-6,11,14-15,20,22-23H,7-10,12-13,16-17H2,(H,29,32,33)(H2,30,31,35). The van der Waals surface area contributed by atoms with Crippen LogP contribution in [0.1, 0.15) is 25.7 Å². The number of carbonyl (C=O) groups is 1. The van der Waals surface area contributed by atoms with Gasteiger partial charge in [0.15, 0.2) is 5.82 Å². The molecule has 3 aromatic rings. The van der Waals surface area contributed by atoms with Crippen LogP contribution in [0.4, 0.5) is 27.8 Å². The fraction of sp³-hybridized carbons (Fsp3) is 0.407. The highest BCUT2D eigenvalue weighted by Gasteiger charge is 2.38. The quantitative estimate of drug-likeness (QED) is 0.462. The molecule has 192 valence electrons. The van der Waals surface area contributed by atoms with Gasteiger partial charge >= 0.3 is 6.03 Å². The minimum absolute atomic E-state index is 0.329. The summed E-state index contributed by atoms with van der Waals surface area (Å²) in [4.78, 5) is 28.7. The molecule has 10 heteroatoms. The number of pyridine rings is 1. The van der Waals surface area contributed by atoms with Crippen LogP contribution in [0.15, 0.2) is 54.9 Å². The maximum Gasteiger partial charge on any atom is 0.323 e. The molecular formula is C27H31N7O3. The summed E-state index contributed by atoms with van der Waals surface area (Å²) in [6.07, 6.45) is 7.41. The Kier molecular flexibility index (Phi) is 6.83. The number of hydrogen-bond donors (Lipinski definition) is 3. The average molecular weight is 502 g/mol. The van der Waals surface area contributed by atoms with Crippen molar-refractivity contribution in [2.24, 2.45) is 0 Å². The van der Waals surface area contributed by atoms with E-state index in [4.69, 9.17) is 19.4 Å². The molecule has 0 saturated carbocycles. The van der Waals surface area contributed by atoms with Crippen LogP contribution < -0.4 is 20.9 Å². The number of hydrogen-bond acceptors (Lipinski definition) is 8. The number of carbonyl (C=O) groups excluding carboxylic acids is 1. The van der Waals surface area contributed by atoms with Gasteiger partial charge in [0.05, 0.1) is 37.2 Å². The van der Waals surface area contributed by atoms with Crippen LogP contribution in [0.5, 0.6) is 0 Å². The summed E-state index contributed by atoms with van der Waals surface area (Å²) in [7, 11) is 0. The molecule has 3 aliphatic heterocycles. The number of urea groups is 1. The van der Waals surface area contributed by atoms with Gasteiger partial charge < -0.3 is 30.3 Å².